The van der Waals surface area contributed by atoms with E-state index in [9.17, 15) is 13.2 Å². The van der Waals surface area contributed by atoms with Crippen molar-refractivity contribution in [1.29, 1.82) is 0 Å². The van der Waals surface area contributed by atoms with Gasteiger partial charge in [0, 0.05) is 25.4 Å². The molecule has 1 amide bonds. The number of unbranched alkanes of at least 4 members (excludes halogenated alkanes) is 2. The molecule has 0 aliphatic carbocycles. The zero-order valence-electron chi connectivity index (χ0n) is 16.4. The Kier molecular flexibility index (Phi) is 6.59. The van der Waals surface area contributed by atoms with Gasteiger partial charge in [0.2, 0.25) is 5.91 Å². The molecule has 1 aromatic rings. The van der Waals surface area contributed by atoms with Crippen LogP contribution in [0.25, 0.3) is 0 Å². The van der Waals surface area contributed by atoms with Gasteiger partial charge in [0.1, 0.15) is 11.6 Å². The first-order valence-corrected chi connectivity index (χ1v) is 11.6. The van der Waals surface area contributed by atoms with Crippen LogP contribution in [0.2, 0.25) is 0 Å². The van der Waals surface area contributed by atoms with E-state index in [1.807, 2.05) is 4.90 Å². The van der Waals surface area contributed by atoms with E-state index in [2.05, 4.69) is 11.3 Å². The number of piperidine rings is 1. The molecule has 2 aliphatic heterocycles. The molecule has 0 aromatic heterocycles. The van der Waals surface area contributed by atoms with Crippen LogP contribution in [0, 0.1) is 5.92 Å². The number of carbonyl (C=O) groups is 1. The van der Waals surface area contributed by atoms with Crippen LogP contribution in [0.15, 0.2) is 22.6 Å². The number of amides is 1. The average molecular weight is 408 g/mol. The minimum Gasteiger partial charge on any atom is -0.492 e. The molecule has 0 radical (unpaired) electrons. The van der Waals surface area contributed by atoms with Crippen molar-refractivity contribution in [2.75, 3.05) is 19.7 Å². The molecule has 0 spiro atoms. The largest absolute Gasteiger partial charge is 0.492 e. The zero-order valence-corrected chi connectivity index (χ0v) is 17.2. The highest BCUT2D eigenvalue weighted by Gasteiger charge is 2.27. The Morgan fingerprint density at radius 3 is 2.96 bits per heavy atom. The van der Waals surface area contributed by atoms with Crippen molar-refractivity contribution >= 4 is 21.8 Å². The maximum atomic E-state index is 12.4. The summed E-state index contributed by atoms with van der Waals surface area (Å²) in [4.78, 5) is 14.3. The number of amidine groups is 1. The molecule has 7 nitrogen and oxygen atoms in total. The Bertz CT molecular complexity index is 851. The fourth-order valence-electron chi connectivity index (χ4n) is 3.85. The highest BCUT2D eigenvalue weighted by Crippen LogP contribution is 2.29. The molecule has 1 saturated heterocycles. The minimum atomic E-state index is -3.56. The first kappa shape index (κ1) is 20.6. The second-order valence-electron chi connectivity index (χ2n) is 7.61. The standard InChI is InChI=1S/C20H29N3O4S/c1-2-3-4-10-18(24)23-11-6-7-15(12-23)13-27-17-9-5-8-16-14-28(25,26)22-20(21)19(16)17/h5,8-9,15H,2-4,6-7,10-14H2,1H3,(H2,21,22). The van der Waals surface area contributed by atoms with Gasteiger partial charge in [-0.25, -0.2) is 8.42 Å². The van der Waals surface area contributed by atoms with Crippen LogP contribution in [0.1, 0.15) is 56.6 Å². The van der Waals surface area contributed by atoms with E-state index in [1.165, 1.54) is 0 Å². The van der Waals surface area contributed by atoms with E-state index >= 15 is 0 Å². The Morgan fingerprint density at radius 2 is 2.18 bits per heavy atom. The number of benzene rings is 1. The van der Waals surface area contributed by atoms with Gasteiger partial charge in [-0.2, -0.15) is 0 Å². The molecule has 0 bridgehead atoms. The summed E-state index contributed by atoms with van der Waals surface area (Å²) in [6.07, 6.45) is 5.75. The van der Waals surface area contributed by atoms with Crippen LogP contribution in [0.3, 0.4) is 0 Å². The summed E-state index contributed by atoms with van der Waals surface area (Å²) in [6.45, 7) is 4.13. The smallest absolute Gasteiger partial charge is 0.259 e. The maximum absolute atomic E-state index is 12.4. The van der Waals surface area contributed by atoms with Gasteiger partial charge in [0.15, 0.2) is 0 Å². The minimum absolute atomic E-state index is 0.0202. The van der Waals surface area contributed by atoms with Crippen LogP contribution in [0.5, 0.6) is 5.75 Å². The van der Waals surface area contributed by atoms with Crippen molar-refractivity contribution < 1.29 is 17.9 Å². The van der Waals surface area contributed by atoms with Crippen molar-refractivity contribution in [1.82, 2.24) is 4.90 Å². The van der Waals surface area contributed by atoms with Gasteiger partial charge in [0.25, 0.3) is 10.0 Å². The molecule has 28 heavy (non-hydrogen) atoms. The number of nitrogens with zero attached hydrogens (tertiary/aromatic N) is 2. The maximum Gasteiger partial charge on any atom is 0.259 e. The molecule has 154 valence electrons. The van der Waals surface area contributed by atoms with Crippen LogP contribution in [-0.2, 0) is 20.6 Å². The summed E-state index contributed by atoms with van der Waals surface area (Å²) < 4.78 is 33.2. The van der Waals surface area contributed by atoms with Crippen molar-refractivity contribution in [2.45, 2.75) is 51.2 Å². The molecule has 8 heteroatoms. The number of nitrogens with two attached hydrogens (primary N) is 1. The lowest BCUT2D eigenvalue weighted by atomic mass is 9.98. The molecule has 3 rings (SSSR count). The molecule has 1 unspecified atom stereocenters. The van der Waals surface area contributed by atoms with Crippen LogP contribution < -0.4 is 10.5 Å². The topological polar surface area (TPSA) is 102 Å². The quantitative estimate of drug-likeness (QED) is 0.700. The number of fused-ring (bicyclic) bond motifs is 1. The molecule has 1 fully saturated rings. The first-order chi connectivity index (χ1) is 13.4. The van der Waals surface area contributed by atoms with E-state index < -0.39 is 10.0 Å². The predicted molar refractivity (Wildman–Crippen MR) is 109 cm³/mol. The normalized spacial score (nSPS) is 21.0. The summed E-state index contributed by atoms with van der Waals surface area (Å²) in [6, 6.07) is 5.29. The Balaban J connectivity index is 1.61. The fourth-order valence-corrected chi connectivity index (χ4v) is 4.94. The molecule has 1 aromatic carbocycles. The van der Waals surface area contributed by atoms with E-state index in [1.54, 1.807) is 18.2 Å². The fraction of sp³-hybridized carbons (Fsp3) is 0.600. The summed E-state index contributed by atoms with van der Waals surface area (Å²) in [7, 11) is -3.56. The van der Waals surface area contributed by atoms with E-state index in [-0.39, 0.29) is 23.4 Å². The van der Waals surface area contributed by atoms with Gasteiger partial charge in [-0.05, 0) is 30.9 Å². The number of rotatable bonds is 7. The molecule has 1 atom stereocenters. The predicted octanol–water partition coefficient (Wildman–Crippen LogP) is 2.43. The van der Waals surface area contributed by atoms with Gasteiger partial charge in [-0.15, -0.1) is 4.40 Å². The number of hydrogen-bond donors (Lipinski definition) is 1. The van der Waals surface area contributed by atoms with E-state index in [0.717, 1.165) is 38.6 Å². The van der Waals surface area contributed by atoms with Crippen molar-refractivity contribution in [3.05, 3.63) is 29.3 Å². The van der Waals surface area contributed by atoms with Gasteiger partial charge < -0.3 is 15.4 Å². The van der Waals surface area contributed by atoms with Crippen molar-refractivity contribution in [3.8, 4) is 5.75 Å². The number of likely N-dealkylation sites (tertiary alicyclic amines) is 1. The average Bonchev–Trinajstić information content (AvgIpc) is 2.65. The Hall–Kier alpha value is -2.09. The number of ether oxygens (including phenoxy) is 1. The monoisotopic (exact) mass is 407 g/mol. The summed E-state index contributed by atoms with van der Waals surface area (Å²) in [5.74, 6) is 0.860. The van der Waals surface area contributed by atoms with Crippen LogP contribution in [0.4, 0.5) is 0 Å². The molecular weight excluding hydrogens is 378 g/mol. The molecule has 2 N–H and O–H groups in total. The SMILES string of the molecule is CCCCCC(=O)N1CCCC(COc2cccc3c2C(N)=NS(=O)(=O)C3)C1. The van der Waals surface area contributed by atoms with Gasteiger partial charge in [0.05, 0.1) is 17.9 Å². The lowest BCUT2D eigenvalue weighted by Crippen LogP contribution is -2.41. The first-order valence-electron chi connectivity index (χ1n) is 10.0. The highest BCUT2D eigenvalue weighted by molar-refractivity contribution is 7.89. The Morgan fingerprint density at radius 1 is 1.36 bits per heavy atom. The number of sulfonamides is 1. The van der Waals surface area contributed by atoms with E-state index in [4.69, 9.17) is 10.5 Å². The third kappa shape index (κ3) is 5.04. The highest BCUT2D eigenvalue weighted by atomic mass is 32.2. The van der Waals surface area contributed by atoms with Gasteiger partial charge in [-0.1, -0.05) is 31.9 Å². The summed E-state index contributed by atoms with van der Waals surface area (Å²) >= 11 is 0. The van der Waals surface area contributed by atoms with Gasteiger partial charge >= 0.3 is 0 Å². The zero-order chi connectivity index (χ0) is 20.1. The molecular formula is C20H29N3O4S. The van der Waals surface area contributed by atoms with Crippen molar-refractivity contribution in [2.24, 2.45) is 16.0 Å². The number of hydrogen-bond acceptors (Lipinski definition) is 5. The second kappa shape index (κ2) is 8.94. The lowest BCUT2D eigenvalue weighted by Gasteiger charge is -2.33. The van der Waals surface area contributed by atoms with E-state index in [0.29, 0.717) is 36.4 Å². The summed E-state index contributed by atoms with van der Waals surface area (Å²) in [5.41, 5.74) is 7.07. The third-order valence-electron chi connectivity index (χ3n) is 5.28. The van der Waals surface area contributed by atoms with Crippen molar-refractivity contribution in [3.63, 3.8) is 0 Å². The summed E-state index contributed by atoms with van der Waals surface area (Å²) in [5, 5.41) is 0. The lowest BCUT2D eigenvalue weighted by molar-refractivity contribution is -0.133. The van der Waals surface area contributed by atoms with Gasteiger partial charge in [-0.3, -0.25) is 4.79 Å². The second-order valence-corrected chi connectivity index (χ2v) is 9.24. The number of carbonyl (C=O) groups excluding carboxylic acids is 1. The van der Waals surface area contributed by atoms with Crippen LogP contribution in [-0.4, -0.2) is 44.8 Å². The third-order valence-corrected chi connectivity index (χ3v) is 6.44. The van der Waals surface area contributed by atoms with Crippen LogP contribution >= 0.6 is 0 Å². The molecule has 0 saturated carbocycles. The molecule has 2 heterocycles. The molecule has 2 aliphatic rings. The Labute approximate surface area is 167 Å².